The molecule has 0 spiro atoms. The Morgan fingerprint density at radius 3 is 2.53 bits per heavy atom. The molecule has 1 aromatic heterocycles. The SMILES string of the molecule is Cc1nn(-c2ccccc2Br)c(=O)c(C)c1C(=O)O. The number of carbonyl (C=O) groups is 1. The Morgan fingerprint density at radius 1 is 1.32 bits per heavy atom. The third-order valence-corrected chi connectivity index (χ3v) is 3.47. The number of para-hydroxylation sites is 1. The van der Waals surface area contributed by atoms with Gasteiger partial charge >= 0.3 is 5.97 Å². The molecule has 5 nitrogen and oxygen atoms in total. The summed E-state index contributed by atoms with van der Waals surface area (Å²) in [6.45, 7) is 3.07. The van der Waals surface area contributed by atoms with Gasteiger partial charge in [0.05, 0.1) is 16.9 Å². The number of carboxylic acid groups (broad SMARTS) is 1. The van der Waals surface area contributed by atoms with Crippen molar-refractivity contribution in [3.8, 4) is 5.69 Å². The lowest BCUT2D eigenvalue weighted by atomic mass is 10.1. The number of nitrogens with zero attached hydrogens (tertiary/aromatic N) is 2. The first-order chi connectivity index (χ1) is 8.93. The van der Waals surface area contributed by atoms with Crippen molar-refractivity contribution in [2.45, 2.75) is 13.8 Å². The van der Waals surface area contributed by atoms with Crippen LogP contribution in [0.3, 0.4) is 0 Å². The van der Waals surface area contributed by atoms with Crippen molar-refractivity contribution >= 4 is 21.9 Å². The van der Waals surface area contributed by atoms with Crippen LogP contribution in [0.1, 0.15) is 21.6 Å². The molecular formula is C13H11BrN2O3. The van der Waals surface area contributed by atoms with Crippen molar-refractivity contribution < 1.29 is 9.90 Å². The van der Waals surface area contributed by atoms with Crippen molar-refractivity contribution in [1.82, 2.24) is 9.78 Å². The van der Waals surface area contributed by atoms with Gasteiger partial charge in [-0.3, -0.25) is 4.79 Å². The smallest absolute Gasteiger partial charge is 0.338 e. The number of aryl methyl sites for hydroxylation is 1. The highest BCUT2D eigenvalue weighted by Crippen LogP contribution is 2.19. The van der Waals surface area contributed by atoms with Crippen molar-refractivity contribution in [2.75, 3.05) is 0 Å². The van der Waals surface area contributed by atoms with Crippen LogP contribution in [0.2, 0.25) is 0 Å². The molecule has 0 unspecified atom stereocenters. The van der Waals surface area contributed by atoms with E-state index in [-0.39, 0.29) is 11.1 Å². The number of carboxylic acids is 1. The van der Waals surface area contributed by atoms with Gasteiger partial charge in [0, 0.05) is 10.0 Å². The number of aromatic nitrogens is 2. The lowest BCUT2D eigenvalue weighted by molar-refractivity contribution is 0.0694. The van der Waals surface area contributed by atoms with Gasteiger partial charge in [-0.1, -0.05) is 12.1 Å². The third kappa shape index (κ3) is 2.31. The van der Waals surface area contributed by atoms with Crippen LogP contribution < -0.4 is 5.56 Å². The second-order valence-electron chi connectivity index (χ2n) is 4.06. The normalized spacial score (nSPS) is 10.5. The fourth-order valence-electron chi connectivity index (χ4n) is 1.88. The average molecular weight is 323 g/mol. The molecule has 98 valence electrons. The maximum absolute atomic E-state index is 12.2. The van der Waals surface area contributed by atoms with E-state index in [4.69, 9.17) is 5.11 Å². The predicted molar refractivity (Wildman–Crippen MR) is 74.0 cm³/mol. The van der Waals surface area contributed by atoms with E-state index < -0.39 is 11.5 Å². The summed E-state index contributed by atoms with van der Waals surface area (Å²) in [4.78, 5) is 23.3. The zero-order valence-electron chi connectivity index (χ0n) is 10.3. The van der Waals surface area contributed by atoms with Crippen molar-refractivity contribution in [3.63, 3.8) is 0 Å². The Balaban J connectivity index is 2.79. The van der Waals surface area contributed by atoms with E-state index in [1.807, 2.05) is 6.07 Å². The van der Waals surface area contributed by atoms with E-state index in [1.165, 1.54) is 11.6 Å². The fraction of sp³-hybridized carbons (Fsp3) is 0.154. The van der Waals surface area contributed by atoms with Gasteiger partial charge in [-0.15, -0.1) is 0 Å². The molecule has 19 heavy (non-hydrogen) atoms. The summed E-state index contributed by atoms with van der Waals surface area (Å²) in [5, 5.41) is 13.2. The number of benzene rings is 1. The Labute approximate surface area is 117 Å². The molecule has 1 aromatic carbocycles. The van der Waals surface area contributed by atoms with Crippen LogP contribution in [0.4, 0.5) is 0 Å². The van der Waals surface area contributed by atoms with E-state index in [0.29, 0.717) is 15.9 Å². The number of aromatic carboxylic acids is 1. The molecule has 0 aliphatic carbocycles. The molecule has 0 bridgehead atoms. The minimum Gasteiger partial charge on any atom is -0.478 e. The largest absolute Gasteiger partial charge is 0.478 e. The molecule has 0 aliphatic rings. The first-order valence-corrected chi connectivity index (χ1v) is 6.31. The Kier molecular flexibility index (Phi) is 3.53. The van der Waals surface area contributed by atoms with Crippen molar-refractivity contribution in [2.24, 2.45) is 0 Å². The van der Waals surface area contributed by atoms with Gasteiger partial charge in [0.25, 0.3) is 5.56 Å². The molecular weight excluding hydrogens is 312 g/mol. The molecule has 0 fully saturated rings. The predicted octanol–water partition coefficient (Wildman–Crippen LogP) is 2.31. The molecule has 0 aliphatic heterocycles. The van der Waals surface area contributed by atoms with E-state index in [2.05, 4.69) is 21.0 Å². The highest BCUT2D eigenvalue weighted by molar-refractivity contribution is 9.10. The van der Waals surface area contributed by atoms with Crippen LogP contribution in [0, 0.1) is 13.8 Å². The van der Waals surface area contributed by atoms with E-state index in [9.17, 15) is 9.59 Å². The fourth-order valence-corrected chi connectivity index (χ4v) is 2.34. The molecule has 0 saturated heterocycles. The zero-order valence-corrected chi connectivity index (χ0v) is 11.9. The van der Waals surface area contributed by atoms with Gasteiger partial charge in [-0.05, 0) is 41.9 Å². The first kappa shape index (κ1) is 13.5. The monoisotopic (exact) mass is 322 g/mol. The Hall–Kier alpha value is -1.95. The van der Waals surface area contributed by atoms with E-state index >= 15 is 0 Å². The molecule has 1 N–H and O–H groups in total. The highest BCUT2D eigenvalue weighted by atomic mass is 79.9. The van der Waals surface area contributed by atoms with E-state index in [0.717, 1.165) is 0 Å². The quantitative estimate of drug-likeness (QED) is 0.920. The van der Waals surface area contributed by atoms with Gasteiger partial charge in [-0.25, -0.2) is 4.79 Å². The number of rotatable bonds is 2. The summed E-state index contributed by atoms with van der Waals surface area (Å²) >= 11 is 3.35. The van der Waals surface area contributed by atoms with Crippen LogP contribution in [-0.4, -0.2) is 20.9 Å². The third-order valence-electron chi connectivity index (χ3n) is 2.79. The summed E-state index contributed by atoms with van der Waals surface area (Å²) in [6.07, 6.45) is 0. The molecule has 1 heterocycles. The van der Waals surface area contributed by atoms with Crippen LogP contribution in [-0.2, 0) is 0 Å². The maximum atomic E-state index is 12.2. The van der Waals surface area contributed by atoms with Crippen molar-refractivity contribution in [3.05, 3.63) is 55.9 Å². The van der Waals surface area contributed by atoms with Gasteiger partial charge in [0.1, 0.15) is 0 Å². The summed E-state index contributed by atoms with van der Waals surface area (Å²) in [5.74, 6) is -1.14. The van der Waals surface area contributed by atoms with Crippen LogP contribution >= 0.6 is 15.9 Å². The number of hydrogen-bond acceptors (Lipinski definition) is 3. The van der Waals surface area contributed by atoms with Gasteiger partial charge in [0.2, 0.25) is 0 Å². The Bertz CT molecular complexity index is 722. The molecule has 0 saturated carbocycles. The molecule has 0 radical (unpaired) electrons. The molecule has 2 rings (SSSR count). The average Bonchev–Trinajstić information content (AvgIpc) is 2.34. The first-order valence-electron chi connectivity index (χ1n) is 5.52. The molecule has 0 atom stereocenters. The second-order valence-corrected chi connectivity index (χ2v) is 4.91. The second kappa shape index (κ2) is 4.97. The van der Waals surface area contributed by atoms with E-state index in [1.54, 1.807) is 25.1 Å². The minimum absolute atomic E-state index is 0.0340. The number of halogens is 1. The summed E-state index contributed by atoms with van der Waals surface area (Å²) in [6, 6.07) is 7.13. The van der Waals surface area contributed by atoms with Gasteiger partial charge in [-0.2, -0.15) is 9.78 Å². The molecule has 2 aromatic rings. The minimum atomic E-state index is -1.14. The standard InChI is InChI=1S/C13H11BrN2O3/c1-7-11(13(18)19)8(2)15-16(12(7)17)10-6-4-3-5-9(10)14/h3-6H,1-2H3,(H,18,19). The van der Waals surface area contributed by atoms with Crippen LogP contribution in [0.15, 0.2) is 33.5 Å². The summed E-state index contributed by atoms with van der Waals surface area (Å²) < 4.78 is 1.92. The zero-order chi connectivity index (χ0) is 14.2. The van der Waals surface area contributed by atoms with Gasteiger partial charge in [0.15, 0.2) is 0 Å². The molecule has 6 heteroatoms. The summed E-state index contributed by atoms with van der Waals surface area (Å²) in [7, 11) is 0. The maximum Gasteiger partial charge on any atom is 0.338 e. The highest BCUT2D eigenvalue weighted by Gasteiger charge is 2.18. The lowest BCUT2D eigenvalue weighted by Gasteiger charge is -2.11. The molecule has 0 amide bonds. The Morgan fingerprint density at radius 2 is 1.95 bits per heavy atom. The van der Waals surface area contributed by atoms with Crippen molar-refractivity contribution in [1.29, 1.82) is 0 Å². The van der Waals surface area contributed by atoms with Crippen LogP contribution in [0.5, 0.6) is 0 Å². The topological polar surface area (TPSA) is 72.2 Å². The lowest BCUT2D eigenvalue weighted by Crippen LogP contribution is -2.28. The number of hydrogen-bond donors (Lipinski definition) is 1. The van der Waals surface area contributed by atoms with Crippen LogP contribution in [0.25, 0.3) is 5.69 Å². The van der Waals surface area contributed by atoms with Gasteiger partial charge < -0.3 is 5.11 Å². The summed E-state index contributed by atoms with van der Waals surface area (Å²) in [5.41, 5.74) is 0.593.